The number of methoxy groups -OCH3 is 1. The second-order valence-electron chi connectivity index (χ2n) is 6.25. The molecule has 0 radical (unpaired) electrons. The van der Waals surface area contributed by atoms with Gasteiger partial charge in [-0.15, -0.1) is 0 Å². The van der Waals surface area contributed by atoms with Crippen molar-refractivity contribution in [2.75, 3.05) is 25.2 Å². The van der Waals surface area contributed by atoms with E-state index in [1.165, 1.54) is 0 Å². The molecule has 4 atom stereocenters. The number of rotatable bonds is 4. The van der Waals surface area contributed by atoms with Crippen molar-refractivity contribution in [2.24, 2.45) is 11.8 Å². The van der Waals surface area contributed by atoms with Gasteiger partial charge in [0, 0.05) is 0 Å². The maximum atomic E-state index is 13.1. The summed E-state index contributed by atoms with van der Waals surface area (Å²) in [4.78, 5) is 27.1. The molecule has 6 heteroatoms. The number of amides is 1. The van der Waals surface area contributed by atoms with Crippen molar-refractivity contribution < 1.29 is 23.8 Å². The van der Waals surface area contributed by atoms with Crippen LogP contribution in [0.5, 0.6) is 5.75 Å². The number of hydrogen-bond acceptors (Lipinski definition) is 5. The molecule has 3 aliphatic rings. The van der Waals surface area contributed by atoms with Crippen LogP contribution in [0, 0.1) is 11.8 Å². The summed E-state index contributed by atoms with van der Waals surface area (Å²) < 4.78 is 16.6. The number of esters is 1. The van der Waals surface area contributed by atoms with Crippen LogP contribution in [0.2, 0.25) is 0 Å². The van der Waals surface area contributed by atoms with Crippen LogP contribution in [0.4, 0.5) is 5.69 Å². The van der Waals surface area contributed by atoms with Gasteiger partial charge < -0.3 is 19.1 Å². The predicted octanol–water partition coefficient (Wildman–Crippen LogP) is 1.54. The Morgan fingerprint density at radius 2 is 2.21 bits per heavy atom. The van der Waals surface area contributed by atoms with Crippen LogP contribution in [0.1, 0.15) is 6.92 Å². The van der Waals surface area contributed by atoms with E-state index in [4.69, 9.17) is 14.2 Å². The van der Waals surface area contributed by atoms with Gasteiger partial charge in [-0.05, 0) is 19.1 Å². The minimum absolute atomic E-state index is 0.121. The zero-order valence-corrected chi connectivity index (χ0v) is 13.6. The molecule has 2 bridgehead atoms. The number of nitrogens with zero attached hydrogens (tertiary/aromatic N) is 1. The van der Waals surface area contributed by atoms with Crippen LogP contribution in [-0.2, 0) is 19.1 Å². The molecule has 3 heterocycles. The van der Waals surface area contributed by atoms with Gasteiger partial charge in [-0.2, -0.15) is 0 Å². The third-order valence-corrected chi connectivity index (χ3v) is 5.04. The molecule has 0 N–H and O–H groups in total. The van der Waals surface area contributed by atoms with Crippen molar-refractivity contribution in [1.82, 2.24) is 0 Å². The number of ether oxygens (including phenoxy) is 3. The molecule has 1 spiro atoms. The smallest absolute Gasteiger partial charge is 0.312 e. The third-order valence-electron chi connectivity index (χ3n) is 5.04. The molecule has 0 unspecified atom stereocenters. The Hall–Kier alpha value is -2.34. The Labute approximate surface area is 140 Å². The Bertz CT molecular complexity index is 730. The number of fused-ring (bicyclic) bond motifs is 1. The van der Waals surface area contributed by atoms with Gasteiger partial charge in [0.25, 0.3) is 0 Å². The van der Waals surface area contributed by atoms with Gasteiger partial charge in [0.05, 0.1) is 38.0 Å². The largest absolute Gasteiger partial charge is 0.495 e. The van der Waals surface area contributed by atoms with Gasteiger partial charge in [-0.3, -0.25) is 9.59 Å². The van der Waals surface area contributed by atoms with Crippen LogP contribution < -0.4 is 9.64 Å². The molecule has 1 amide bonds. The zero-order chi connectivity index (χ0) is 16.9. The molecular weight excluding hydrogens is 310 g/mol. The summed E-state index contributed by atoms with van der Waals surface area (Å²) >= 11 is 0. The number of carbonyl (C=O) groups is 2. The molecule has 4 rings (SSSR count). The van der Waals surface area contributed by atoms with Gasteiger partial charge >= 0.3 is 5.97 Å². The lowest BCUT2D eigenvalue weighted by atomic mass is 9.77. The third kappa shape index (κ3) is 1.92. The fraction of sp³-hybridized carbons (Fsp3) is 0.444. The molecule has 1 aromatic carbocycles. The maximum Gasteiger partial charge on any atom is 0.312 e. The molecule has 24 heavy (non-hydrogen) atoms. The minimum atomic E-state index is -0.750. The molecule has 1 aromatic rings. The summed E-state index contributed by atoms with van der Waals surface area (Å²) in [6.45, 7) is 2.42. The molecular formula is C18H19NO5. The Kier molecular flexibility index (Phi) is 3.38. The van der Waals surface area contributed by atoms with Crippen LogP contribution in [0.3, 0.4) is 0 Å². The summed E-state index contributed by atoms with van der Waals surface area (Å²) in [5.74, 6) is -0.995. The lowest BCUT2D eigenvalue weighted by molar-refractivity contribution is -0.151. The highest BCUT2D eigenvalue weighted by atomic mass is 16.6. The van der Waals surface area contributed by atoms with Gasteiger partial charge in [0.2, 0.25) is 5.91 Å². The fourth-order valence-corrected chi connectivity index (χ4v) is 4.06. The Balaban J connectivity index is 1.71. The van der Waals surface area contributed by atoms with Crippen LogP contribution in [-0.4, -0.2) is 43.8 Å². The summed E-state index contributed by atoms with van der Waals surface area (Å²) in [6.07, 6.45) is 3.42. The van der Waals surface area contributed by atoms with E-state index in [0.29, 0.717) is 18.0 Å². The maximum absolute atomic E-state index is 13.1. The molecule has 0 aromatic heterocycles. The first-order valence-corrected chi connectivity index (χ1v) is 8.09. The quantitative estimate of drug-likeness (QED) is 0.619. The number of para-hydroxylation sites is 2. The molecule has 2 fully saturated rings. The van der Waals surface area contributed by atoms with Gasteiger partial charge in [0.15, 0.2) is 0 Å². The highest BCUT2D eigenvalue weighted by molar-refractivity contribution is 6.03. The monoisotopic (exact) mass is 329 g/mol. The van der Waals surface area contributed by atoms with E-state index in [9.17, 15) is 9.59 Å². The normalized spacial score (nSPS) is 33.0. The number of hydrogen-bond donors (Lipinski definition) is 0. The van der Waals surface area contributed by atoms with Crippen molar-refractivity contribution >= 4 is 17.6 Å². The molecule has 0 aliphatic carbocycles. The summed E-state index contributed by atoms with van der Waals surface area (Å²) in [6, 6.07) is 7.36. The van der Waals surface area contributed by atoms with Crippen molar-refractivity contribution in [1.29, 1.82) is 0 Å². The van der Waals surface area contributed by atoms with Crippen molar-refractivity contribution in [3.05, 3.63) is 36.4 Å². The van der Waals surface area contributed by atoms with E-state index >= 15 is 0 Å². The molecule has 126 valence electrons. The van der Waals surface area contributed by atoms with Crippen molar-refractivity contribution in [2.45, 2.75) is 18.6 Å². The van der Waals surface area contributed by atoms with Crippen LogP contribution in [0.15, 0.2) is 36.4 Å². The van der Waals surface area contributed by atoms with Gasteiger partial charge in [-0.25, -0.2) is 0 Å². The molecule has 2 saturated heterocycles. The first-order valence-electron chi connectivity index (χ1n) is 8.09. The number of benzene rings is 1. The Morgan fingerprint density at radius 3 is 2.96 bits per heavy atom. The molecule has 0 saturated carbocycles. The predicted molar refractivity (Wildman–Crippen MR) is 85.7 cm³/mol. The van der Waals surface area contributed by atoms with Crippen molar-refractivity contribution in [3.8, 4) is 5.75 Å². The van der Waals surface area contributed by atoms with Crippen LogP contribution in [0.25, 0.3) is 0 Å². The summed E-state index contributed by atoms with van der Waals surface area (Å²) in [7, 11) is 1.57. The highest BCUT2D eigenvalue weighted by Crippen LogP contribution is 2.53. The van der Waals surface area contributed by atoms with Crippen LogP contribution >= 0.6 is 0 Å². The second kappa shape index (κ2) is 5.34. The number of anilines is 1. The van der Waals surface area contributed by atoms with Crippen molar-refractivity contribution in [3.63, 3.8) is 0 Å². The summed E-state index contributed by atoms with van der Waals surface area (Å²) in [5.41, 5.74) is -0.0585. The van der Waals surface area contributed by atoms with E-state index in [2.05, 4.69) is 0 Å². The van der Waals surface area contributed by atoms with Gasteiger partial charge in [-0.1, -0.05) is 24.3 Å². The minimum Gasteiger partial charge on any atom is -0.495 e. The van der Waals surface area contributed by atoms with E-state index < -0.39 is 17.4 Å². The average molecular weight is 329 g/mol. The standard InChI is InChI=1S/C18H19NO5/c1-3-23-17(21)14-13-8-9-18(24-13)10-19(16(20)15(14)18)11-6-4-5-7-12(11)22-2/h4-9,13-15H,3,10H2,1-2H3/t13-,14+,15-,18+/m1/s1. The number of carbonyl (C=O) groups excluding carboxylic acids is 2. The topological polar surface area (TPSA) is 65.1 Å². The first kappa shape index (κ1) is 15.2. The van der Waals surface area contributed by atoms with Gasteiger partial charge in [0.1, 0.15) is 17.3 Å². The van der Waals surface area contributed by atoms with E-state index in [-0.39, 0.29) is 24.6 Å². The zero-order valence-electron chi connectivity index (χ0n) is 13.6. The van der Waals surface area contributed by atoms with E-state index in [1.54, 1.807) is 18.9 Å². The Morgan fingerprint density at radius 1 is 1.42 bits per heavy atom. The SMILES string of the molecule is CCOC(=O)[C@H]1[C@H]2C=C[C@@]3(CN(c4ccccc4OC)C(=O)[C@@H]13)O2. The highest BCUT2D eigenvalue weighted by Gasteiger charge is 2.67. The summed E-state index contributed by atoms with van der Waals surface area (Å²) in [5, 5.41) is 0. The van der Waals surface area contributed by atoms with E-state index in [1.807, 2.05) is 36.4 Å². The first-order chi connectivity index (χ1) is 11.6. The molecule has 3 aliphatic heterocycles. The lowest BCUT2D eigenvalue weighted by Gasteiger charge is -2.22. The average Bonchev–Trinajstić information content (AvgIpc) is 3.23. The second-order valence-corrected chi connectivity index (χ2v) is 6.25. The lowest BCUT2D eigenvalue weighted by Crippen LogP contribution is -2.40. The van der Waals surface area contributed by atoms with E-state index in [0.717, 1.165) is 0 Å². The molecule has 6 nitrogen and oxygen atoms in total. The fourth-order valence-electron chi connectivity index (χ4n) is 4.06.